The molecule has 1 aromatic heterocycles. The van der Waals surface area contributed by atoms with E-state index < -0.39 is 6.17 Å². The highest BCUT2D eigenvalue weighted by molar-refractivity contribution is 5.55. The highest BCUT2D eigenvalue weighted by Gasteiger charge is 2.10. The van der Waals surface area contributed by atoms with Crippen molar-refractivity contribution in [1.29, 1.82) is 0 Å². The van der Waals surface area contributed by atoms with Crippen LogP contribution in [0.3, 0.4) is 0 Å². The molecule has 2 atom stereocenters. The van der Waals surface area contributed by atoms with Crippen molar-refractivity contribution in [2.75, 3.05) is 6.61 Å². The summed E-state index contributed by atoms with van der Waals surface area (Å²) in [4.78, 5) is 8.88. The van der Waals surface area contributed by atoms with Crippen LogP contribution in [0.1, 0.15) is 129 Å². The zero-order chi connectivity index (χ0) is 26.6. The van der Waals surface area contributed by atoms with E-state index in [1.54, 1.807) is 12.4 Å². The Kier molecular flexibility index (Phi) is 16.9. The number of nitrogens with zero attached hydrogens (tertiary/aromatic N) is 2. The Morgan fingerprint density at radius 1 is 0.703 bits per heavy atom. The molecule has 0 aliphatic carbocycles. The fraction of sp³-hybridized carbons (Fsp3) is 0.697. The number of benzene rings is 1. The van der Waals surface area contributed by atoms with Gasteiger partial charge in [0.15, 0.2) is 11.6 Å². The molecule has 0 bridgehead atoms. The molecule has 37 heavy (non-hydrogen) atoms. The van der Waals surface area contributed by atoms with Crippen molar-refractivity contribution >= 4 is 0 Å². The van der Waals surface area contributed by atoms with Crippen molar-refractivity contribution in [3.05, 3.63) is 42.2 Å². The summed E-state index contributed by atoms with van der Waals surface area (Å²) in [5, 5.41) is 0. The first-order valence-corrected chi connectivity index (χ1v) is 15.3. The molecule has 3 nitrogen and oxygen atoms in total. The van der Waals surface area contributed by atoms with Crippen molar-refractivity contribution in [3.63, 3.8) is 0 Å². The minimum absolute atomic E-state index is 0.0692. The number of rotatable bonds is 22. The summed E-state index contributed by atoms with van der Waals surface area (Å²) in [5.41, 5.74) is 2.37. The Labute approximate surface area is 227 Å². The van der Waals surface area contributed by atoms with Crippen LogP contribution in [-0.2, 0) is 6.42 Å². The zero-order valence-electron chi connectivity index (χ0n) is 24.0. The maximum Gasteiger partial charge on any atom is 0.159 e. The fourth-order valence-corrected chi connectivity index (χ4v) is 4.83. The van der Waals surface area contributed by atoms with Gasteiger partial charge in [0.2, 0.25) is 0 Å². The van der Waals surface area contributed by atoms with Crippen LogP contribution >= 0.6 is 0 Å². The number of ether oxygens (including phenoxy) is 1. The van der Waals surface area contributed by atoms with Gasteiger partial charge in [0.05, 0.1) is 12.4 Å². The SMILES string of the molecule is CCCCCCCCCCCCc1ccc(-c2ncc(OCC(F)CCCC(C)CCCC)cn2)cc1. The van der Waals surface area contributed by atoms with Crippen molar-refractivity contribution in [2.45, 2.75) is 136 Å². The monoisotopic (exact) mass is 512 g/mol. The quantitative estimate of drug-likeness (QED) is 0.147. The minimum Gasteiger partial charge on any atom is -0.487 e. The van der Waals surface area contributed by atoms with Crippen LogP contribution < -0.4 is 4.74 Å². The standard InChI is InChI=1S/C33H53FN2O/c1-4-6-8-9-10-11-12-13-14-15-19-29-21-23-30(24-22-29)33-35-25-32(26-36-33)37-27-31(34)20-16-18-28(3)17-7-5-2/h21-26,28,31H,4-20,27H2,1-3H3. The van der Waals surface area contributed by atoms with E-state index in [-0.39, 0.29) is 6.61 Å². The summed E-state index contributed by atoms with van der Waals surface area (Å²) in [6.07, 6.45) is 23.5. The smallest absolute Gasteiger partial charge is 0.159 e. The number of aromatic nitrogens is 2. The van der Waals surface area contributed by atoms with Gasteiger partial charge in [-0.05, 0) is 30.7 Å². The molecule has 4 heteroatoms. The molecule has 0 amide bonds. The molecular weight excluding hydrogens is 459 g/mol. The molecule has 1 aromatic carbocycles. The molecule has 0 aliphatic rings. The van der Waals surface area contributed by atoms with E-state index in [0.717, 1.165) is 24.8 Å². The summed E-state index contributed by atoms with van der Waals surface area (Å²) >= 11 is 0. The minimum atomic E-state index is -0.943. The molecular formula is C33H53FN2O. The van der Waals surface area contributed by atoms with E-state index in [4.69, 9.17) is 4.74 Å². The number of hydrogen-bond acceptors (Lipinski definition) is 3. The summed E-state index contributed by atoms with van der Waals surface area (Å²) in [6.45, 7) is 6.83. The predicted octanol–water partition coefficient (Wildman–Crippen LogP) is 10.3. The van der Waals surface area contributed by atoms with Gasteiger partial charge in [-0.2, -0.15) is 0 Å². The van der Waals surface area contributed by atoms with Crippen LogP contribution in [0.25, 0.3) is 11.4 Å². The molecule has 0 saturated carbocycles. The maximum absolute atomic E-state index is 14.2. The average Bonchev–Trinajstić information content (AvgIpc) is 2.92. The Bertz CT molecular complexity index is 793. The lowest BCUT2D eigenvalue weighted by molar-refractivity contribution is 0.181. The van der Waals surface area contributed by atoms with Crippen molar-refractivity contribution < 1.29 is 9.13 Å². The third kappa shape index (κ3) is 14.5. The third-order valence-electron chi connectivity index (χ3n) is 7.35. The molecule has 208 valence electrons. The van der Waals surface area contributed by atoms with Crippen LogP contribution in [0.15, 0.2) is 36.7 Å². The predicted molar refractivity (Wildman–Crippen MR) is 156 cm³/mol. The molecule has 0 N–H and O–H groups in total. The lowest BCUT2D eigenvalue weighted by atomic mass is 9.97. The molecule has 2 aromatic rings. The van der Waals surface area contributed by atoms with E-state index in [9.17, 15) is 4.39 Å². The van der Waals surface area contributed by atoms with Gasteiger partial charge in [-0.25, -0.2) is 14.4 Å². The van der Waals surface area contributed by atoms with Crippen molar-refractivity contribution in [2.24, 2.45) is 5.92 Å². The number of hydrogen-bond donors (Lipinski definition) is 0. The maximum atomic E-state index is 14.2. The van der Waals surface area contributed by atoms with Gasteiger partial charge in [0.1, 0.15) is 12.8 Å². The van der Waals surface area contributed by atoms with Gasteiger partial charge in [-0.3, -0.25) is 0 Å². The highest BCUT2D eigenvalue weighted by Crippen LogP contribution is 2.20. The van der Waals surface area contributed by atoms with E-state index in [2.05, 4.69) is 55.0 Å². The van der Waals surface area contributed by atoms with E-state index in [1.807, 2.05) is 0 Å². The normalized spacial score (nSPS) is 13.0. The molecule has 1 heterocycles. The number of aryl methyl sites for hydroxylation is 1. The summed E-state index contributed by atoms with van der Waals surface area (Å²) in [6, 6.07) is 8.57. The van der Waals surface area contributed by atoms with Crippen LogP contribution in [0.5, 0.6) is 5.75 Å². The van der Waals surface area contributed by atoms with Gasteiger partial charge < -0.3 is 4.74 Å². The van der Waals surface area contributed by atoms with Gasteiger partial charge in [-0.15, -0.1) is 0 Å². The van der Waals surface area contributed by atoms with Crippen molar-refractivity contribution in [3.8, 4) is 17.1 Å². The number of unbranched alkanes of at least 4 members (excludes halogenated alkanes) is 10. The van der Waals surface area contributed by atoms with Crippen LogP contribution in [0.4, 0.5) is 4.39 Å². The molecule has 0 aliphatic heterocycles. The van der Waals surface area contributed by atoms with Crippen LogP contribution in [-0.4, -0.2) is 22.7 Å². The second kappa shape index (κ2) is 20.1. The van der Waals surface area contributed by atoms with E-state index >= 15 is 0 Å². The Balaban J connectivity index is 1.60. The molecule has 0 spiro atoms. The Morgan fingerprint density at radius 3 is 1.89 bits per heavy atom. The molecule has 0 saturated heterocycles. The summed E-state index contributed by atoms with van der Waals surface area (Å²) in [7, 11) is 0. The Morgan fingerprint density at radius 2 is 1.27 bits per heavy atom. The fourth-order valence-electron chi connectivity index (χ4n) is 4.83. The first-order chi connectivity index (χ1) is 18.1. The summed E-state index contributed by atoms with van der Waals surface area (Å²) in [5.74, 6) is 1.89. The van der Waals surface area contributed by atoms with E-state index in [1.165, 1.54) is 89.0 Å². The first-order valence-electron chi connectivity index (χ1n) is 15.3. The number of alkyl halides is 1. The van der Waals surface area contributed by atoms with E-state index in [0.29, 0.717) is 23.9 Å². The van der Waals surface area contributed by atoms with Gasteiger partial charge in [0.25, 0.3) is 0 Å². The second-order valence-electron chi connectivity index (χ2n) is 11.0. The van der Waals surface area contributed by atoms with Crippen LogP contribution in [0, 0.1) is 5.92 Å². The number of halogens is 1. The van der Waals surface area contributed by atoms with Gasteiger partial charge >= 0.3 is 0 Å². The Hall–Kier alpha value is -1.97. The first kappa shape index (κ1) is 31.2. The molecule has 2 unspecified atom stereocenters. The largest absolute Gasteiger partial charge is 0.487 e. The van der Waals surface area contributed by atoms with Gasteiger partial charge in [0, 0.05) is 5.56 Å². The third-order valence-corrected chi connectivity index (χ3v) is 7.35. The lowest BCUT2D eigenvalue weighted by Gasteiger charge is -2.13. The summed E-state index contributed by atoms with van der Waals surface area (Å²) < 4.78 is 19.8. The lowest BCUT2D eigenvalue weighted by Crippen LogP contribution is -2.13. The highest BCUT2D eigenvalue weighted by atomic mass is 19.1. The molecule has 0 radical (unpaired) electrons. The average molecular weight is 513 g/mol. The molecule has 2 rings (SSSR count). The second-order valence-corrected chi connectivity index (χ2v) is 11.0. The van der Waals surface area contributed by atoms with Gasteiger partial charge in [-0.1, -0.05) is 135 Å². The van der Waals surface area contributed by atoms with Crippen LogP contribution in [0.2, 0.25) is 0 Å². The molecule has 0 fully saturated rings. The van der Waals surface area contributed by atoms with Crippen molar-refractivity contribution in [1.82, 2.24) is 9.97 Å². The topological polar surface area (TPSA) is 35.0 Å². The zero-order valence-corrected chi connectivity index (χ0v) is 24.0.